The largest absolute Gasteiger partial charge is 0.493 e. The predicted octanol–water partition coefficient (Wildman–Crippen LogP) is 2.19. The van der Waals surface area contributed by atoms with Gasteiger partial charge in [-0.05, 0) is 29.8 Å². The molecule has 0 atom stereocenters. The number of nitrogens with one attached hydrogen (secondary N) is 2. The van der Waals surface area contributed by atoms with Crippen LogP contribution < -0.4 is 19.5 Å². The second-order valence-electron chi connectivity index (χ2n) is 5.91. The van der Waals surface area contributed by atoms with E-state index in [-0.39, 0.29) is 18.9 Å². The molecule has 1 amide bonds. The van der Waals surface area contributed by atoms with Crippen molar-refractivity contribution >= 4 is 21.6 Å². The van der Waals surface area contributed by atoms with Gasteiger partial charge in [-0.25, -0.2) is 13.1 Å². The molecule has 0 aliphatic rings. The average Bonchev–Trinajstić information content (AvgIpc) is 2.72. The Morgan fingerprint density at radius 3 is 2.55 bits per heavy atom. The predicted molar refractivity (Wildman–Crippen MR) is 109 cm³/mol. The number of amides is 1. The maximum Gasteiger partial charge on any atom is 0.262 e. The molecular formula is C20H21N3O5S. The summed E-state index contributed by atoms with van der Waals surface area (Å²) < 4.78 is 36.7. The number of carbonyl (C=O) groups excluding carboxylic acids is 1. The molecule has 2 aromatic rings. The topological polar surface area (TPSA) is 118 Å². The Hall–Kier alpha value is -3.35. The maximum absolute atomic E-state index is 12.1. The molecule has 152 valence electrons. The molecule has 0 unspecified atom stereocenters. The van der Waals surface area contributed by atoms with Crippen LogP contribution in [0.2, 0.25) is 0 Å². The first-order valence-corrected chi connectivity index (χ1v) is 10.2. The number of carbonyl (C=O) groups is 1. The quantitative estimate of drug-likeness (QED) is 0.575. The molecule has 8 nitrogen and oxygen atoms in total. The molecule has 2 rings (SSSR count). The summed E-state index contributed by atoms with van der Waals surface area (Å²) in [6.07, 6.45) is 1.46. The van der Waals surface area contributed by atoms with Crippen LogP contribution in [0.3, 0.4) is 0 Å². The SMILES string of the molecule is C=CCNS(=O)(=O)Cc1ccc(NC(=O)COc2ccc(C#N)cc2OC)cc1. The van der Waals surface area contributed by atoms with Crippen molar-refractivity contribution in [3.05, 3.63) is 66.2 Å². The molecule has 0 aliphatic carbocycles. The summed E-state index contributed by atoms with van der Waals surface area (Å²) >= 11 is 0. The first-order chi connectivity index (χ1) is 13.9. The highest BCUT2D eigenvalue weighted by Crippen LogP contribution is 2.27. The highest BCUT2D eigenvalue weighted by atomic mass is 32.2. The number of nitriles is 1. The van der Waals surface area contributed by atoms with Crippen LogP contribution in [-0.2, 0) is 20.6 Å². The standard InChI is InChI=1S/C20H21N3O5S/c1-3-10-22-29(25,26)14-15-4-7-17(8-5-15)23-20(24)13-28-18-9-6-16(12-21)11-19(18)27-2/h3-9,11,22H,1,10,13-14H2,2H3,(H,23,24). The molecule has 0 aliphatic heterocycles. The van der Waals surface area contributed by atoms with Gasteiger partial charge in [-0.1, -0.05) is 18.2 Å². The van der Waals surface area contributed by atoms with Gasteiger partial charge < -0.3 is 14.8 Å². The third-order valence-corrected chi connectivity index (χ3v) is 5.01. The van der Waals surface area contributed by atoms with Crippen LogP contribution in [-0.4, -0.2) is 34.6 Å². The second kappa shape index (κ2) is 10.3. The fraction of sp³-hybridized carbons (Fsp3) is 0.200. The molecule has 2 aromatic carbocycles. The Balaban J connectivity index is 1.91. The van der Waals surface area contributed by atoms with E-state index in [4.69, 9.17) is 14.7 Å². The first kappa shape index (κ1) is 21.9. The molecular weight excluding hydrogens is 394 g/mol. The van der Waals surface area contributed by atoms with Crippen molar-refractivity contribution in [3.8, 4) is 17.6 Å². The molecule has 0 fully saturated rings. The fourth-order valence-electron chi connectivity index (χ4n) is 2.34. The smallest absolute Gasteiger partial charge is 0.262 e. The molecule has 9 heteroatoms. The van der Waals surface area contributed by atoms with Gasteiger partial charge in [0.15, 0.2) is 18.1 Å². The number of sulfonamides is 1. The Morgan fingerprint density at radius 2 is 1.93 bits per heavy atom. The lowest BCUT2D eigenvalue weighted by molar-refractivity contribution is -0.118. The van der Waals surface area contributed by atoms with Crippen LogP contribution in [0.15, 0.2) is 55.1 Å². The zero-order valence-electron chi connectivity index (χ0n) is 15.8. The van der Waals surface area contributed by atoms with Gasteiger partial charge in [-0.3, -0.25) is 4.79 Å². The summed E-state index contributed by atoms with van der Waals surface area (Å²) in [4.78, 5) is 12.1. The Kier molecular flexibility index (Phi) is 7.77. The van der Waals surface area contributed by atoms with Crippen molar-refractivity contribution in [2.75, 3.05) is 25.6 Å². The molecule has 0 saturated carbocycles. The van der Waals surface area contributed by atoms with Gasteiger partial charge in [0, 0.05) is 18.3 Å². The van der Waals surface area contributed by atoms with E-state index in [1.807, 2.05) is 6.07 Å². The lowest BCUT2D eigenvalue weighted by Gasteiger charge is -2.11. The van der Waals surface area contributed by atoms with Crippen molar-refractivity contribution in [1.29, 1.82) is 5.26 Å². The summed E-state index contributed by atoms with van der Waals surface area (Å²) in [6, 6.07) is 13.1. The Labute approximate surface area is 169 Å². The summed E-state index contributed by atoms with van der Waals surface area (Å²) in [5.41, 5.74) is 1.50. The third kappa shape index (κ3) is 6.95. The van der Waals surface area contributed by atoms with Crippen molar-refractivity contribution < 1.29 is 22.7 Å². The number of ether oxygens (including phenoxy) is 2. The van der Waals surface area contributed by atoms with Crippen LogP contribution >= 0.6 is 0 Å². The van der Waals surface area contributed by atoms with Gasteiger partial charge in [0.25, 0.3) is 5.91 Å². The number of anilines is 1. The van der Waals surface area contributed by atoms with E-state index in [0.29, 0.717) is 28.3 Å². The van der Waals surface area contributed by atoms with E-state index in [0.717, 1.165) is 0 Å². The number of nitrogens with zero attached hydrogens (tertiary/aromatic N) is 1. The zero-order chi connectivity index (χ0) is 21.3. The zero-order valence-corrected chi connectivity index (χ0v) is 16.7. The number of rotatable bonds is 10. The van der Waals surface area contributed by atoms with E-state index in [2.05, 4.69) is 16.6 Å². The van der Waals surface area contributed by atoms with Gasteiger partial charge in [0.2, 0.25) is 10.0 Å². The van der Waals surface area contributed by atoms with E-state index in [9.17, 15) is 13.2 Å². The van der Waals surface area contributed by atoms with E-state index in [1.54, 1.807) is 36.4 Å². The molecule has 0 radical (unpaired) electrons. The highest BCUT2D eigenvalue weighted by molar-refractivity contribution is 7.88. The lowest BCUT2D eigenvalue weighted by Crippen LogP contribution is -2.25. The number of benzene rings is 2. The molecule has 0 heterocycles. The van der Waals surface area contributed by atoms with Crippen LogP contribution in [0, 0.1) is 11.3 Å². The van der Waals surface area contributed by atoms with Crippen LogP contribution in [0.4, 0.5) is 5.69 Å². The summed E-state index contributed by atoms with van der Waals surface area (Å²) in [5, 5.41) is 11.6. The van der Waals surface area contributed by atoms with Gasteiger partial charge in [0.1, 0.15) is 0 Å². The van der Waals surface area contributed by atoms with Gasteiger partial charge >= 0.3 is 0 Å². The molecule has 29 heavy (non-hydrogen) atoms. The number of hydrogen-bond acceptors (Lipinski definition) is 6. The molecule has 0 saturated heterocycles. The molecule has 0 spiro atoms. The van der Waals surface area contributed by atoms with Crippen LogP contribution in [0.25, 0.3) is 0 Å². The van der Waals surface area contributed by atoms with Crippen molar-refractivity contribution in [3.63, 3.8) is 0 Å². The minimum Gasteiger partial charge on any atom is -0.493 e. The van der Waals surface area contributed by atoms with E-state index >= 15 is 0 Å². The molecule has 2 N–H and O–H groups in total. The third-order valence-electron chi connectivity index (χ3n) is 3.69. The average molecular weight is 415 g/mol. The lowest BCUT2D eigenvalue weighted by atomic mass is 10.2. The maximum atomic E-state index is 12.1. The number of hydrogen-bond donors (Lipinski definition) is 2. The van der Waals surface area contributed by atoms with Crippen LogP contribution in [0.5, 0.6) is 11.5 Å². The summed E-state index contributed by atoms with van der Waals surface area (Å²) in [5.74, 6) is 0.127. The minimum atomic E-state index is -3.44. The highest BCUT2D eigenvalue weighted by Gasteiger charge is 2.11. The fourth-order valence-corrected chi connectivity index (χ4v) is 3.44. The molecule has 0 bridgehead atoms. The first-order valence-electron chi connectivity index (χ1n) is 8.55. The Bertz CT molecular complexity index is 1010. The van der Waals surface area contributed by atoms with Gasteiger partial charge in [-0.2, -0.15) is 5.26 Å². The van der Waals surface area contributed by atoms with Crippen molar-refractivity contribution in [2.24, 2.45) is 0 Å². The summed E-state index contributed by atoms with van der Waals surface area (Å²) in [7, 11) is -2.00. The summed E-state index contributed by atoms with van der Waals surface area (Å²) in [6.45, 7) is 3.37. The minimum absolute atomic E-state index is 0.167. The van der Waals surface area contributed by atoms with Gasteiger partial charge in [-0.15, -0.1) is 6.58 Å². The van der Waals surface area contributed by atoms with Crippen molar-refractivity contribution in [1.82, 2.24) is 4.72 Å². The number of methoxy groups -OCH3 is 1. The van der Waals surface area contributed by atoms with Gasteiger partial charge in [0.05, 0.1) is 24.5 Å². The van der Waals surface area contributed by atoms with E-state index < -0.39 is 15.9 Å². The monoisotopic (exact) mass is 415 g/mol. The van der Waals surface area contributed by atoms with Crippen molar-refractivity contribution in [2.45, 2.75) is 5.75 Å². The normalized spacial score (nSPS) is 10.6. The Morgan fingerprint density at radius 1 is 1.21 bits per heavy atom. The van der Waals surface area contributed by atoms with E-state index in [1.165, 1.54) is 19.3 Å². The molecule has 0 aromatic heterocycles. The van der Waals surface area contributed by atoms with Crippen LogP contribution in [0.1, 0.15) is 11.1 Å². The second-order valence-corrected chi connectivity index (χ2v) is 7.71.